The molecule has 1 heterocycles. The number of carbonyl (C=O) groups excluding carboxylic acids is 1. The highest BCUT2D eigenvalue weighted by Crippen LogP contribution is 2.29. The normalized spacial score (nSPS) is 11.6. The van der Waals surface area contributed by atoms with Crippen molar-refractivity contribution in [3.05, 3.63) is 66.0 Å². The predicted octanol–water partition coefficient (Wildman–Crippen LogP) is 4.43. The first-order valence-corrected chi connectivity index (χ1v) is 9.60. The third-order valence-electron chi connectivity index (χ3n) is 4.04. The highest BCUT2D eigenvalue weighted by Gasteiger charge is 2.18. The molecule has 0 fully saturated rings. The zero-order chi connectivity index (χ0) is 19.2. The Balaban J connectivity index is 1.84. The second kappa shape index (κ2) is 8.88. The van der Waals surface area contributed by atoms with Crippen molar-refractivity contribution in [1.82, 2.24) is 9.88 Å². The van der Waals surface area contributed by atoms with Crippen LogP contribution >= 0.6 is 11.3 Å². The summed E-state index contributed by atoms with van der Waals surface area (Å²) in [4.78, 5) is 21.1. The Bertz CT molecular complexity index is 937. The number of halogens is 1. The van der Waals surface area contributed by atoms with Gasteiger partial charge in [-0.25, -0.2) is 9.37 Å². The molecular formula is C21H22FN3OS. The van der Waals surface area contributed by atoms with Gasteiger partial charge in [0.1, 0.15) is 5.82 Å². The highest BCUT2D eigenvalue weighted by molar-refractivity contribution is 7.22. The molecule has 6 heteroatoms. The summed E-state index contributed by atoms with van der Waals surface area (Å²) in [6.45, 7) is 1.42. The van der Waals surface area contributed by atoms with Crippen LogP contribution in [0.4, 0.5) is 9.52 Å². The third kappa shape index (κ3) is 5.21. The summed E-state index contributed by atoms with van der Waals surface area (Å²) >= 11 is 1.33. The van der Waals surface area contributed by atoms with E-state index in [9.17, 15) is 9.18 Å². The fraction of sp³-hybridized carbons (Fsp3) is 0.238. The summed E-state index contributed by atoms with van der Waals surface area (Å²) in [6.07, 6.45) is 4.19. The van der Waals surface area contributed by atoms with E-state index in [4.69, 9.17) is 0 Å². The molecule has 3 aromatic rings. The SMILES string of the molecule is CN(C)CCCN(C(=O)C=Cc1ccccc1)c1nc2ccc(F)cc2s1. The minimum absolute atomic E-state index is 0.128. The van der Waals surface area contributed by atoms with Crippen LogP contribution in [0.3, 0.4) is 0 Å². The molecule has 0 unspecified atom stereocenters. The molecule has 1 amide bonds. The van der Waals surface area contributed by atoms with Crippen LogP contribution in [0.15, 0.2) is 54.6 Å². The van der Waals surface area contributed by atoms with Gasteiger partial charge in [0.2, 0.25) is 0 Å². The average molecular weight is 383 g/mol. The van der Waals surface area contributed by atoms with Crippen molar-refractivity contribution >= 4 is 38.7 Å². The van der Waals surface area contributed by atoms with E-state index in [1.54, 1.807) is 23.1 Å². The molecule has 140 valence electrons. The largest absolute Gasteiger partial charge is 0.309 e. The molecule has 0 aliphatic carbocycles. The summed E-state index contributed by atoms with van der Waals surface area (Å²) in [7, 11) is 4.00. The van der Waals surface area contributed by atoms with Gasteiger partial charge < -0.3 is 4.90 Å². The molecule has 3 rings (SSSR count). The molecule has 0 radical (unpaired) electrons. The maximum Gasteiger partial charge on any atom is 0.252 e. The topological polar surface area (TPSA) is 36.4 Å². The first-order chi connectivity index (χ1) is 13.0. The van der Waals surface area contributed by atoms with Crippen molar-refractivity contribution in [3.8, 4) is 0 Å². The minimum atomic E-state index is -0.299. The number of carbonyl (C=O) groups is 1. The van der Waals surface area contributed by atoms with Crippen molar-refractivity contribution in [2.75, 3.05) is 32.1 Å². The van der Waals surface area contributed by atoms with E-state index >= 15 is 0 Å². The van der Waals surface area contributed by atoms with E-state index in [1.165, 1.54) is 23.5 Å². The lowest BCUT2D eigenvalue weighted by Crippen LogP contribution is -2.32. The van der Waals surface area contributed by atoms with Crippen LogP contribution in [-0.4, -0.2) is 43.0 Å². The van der Waals surface area contributed by atoms with Crippen LogP contribution in [-0.2, 0) is 4.79 Å². The number of benzene rings is 2. The second-order valence-electron chi connectivity index (χ2n) is 6.50. The number of rotatable bonds is 7. The monoisotopic (exact) mass is 383 g/mol. The Morgan fingerprint density at radius 3 is 2.67 bits per heavy atom. The number of hydrogen-bond donors (Lipinski definition) is 0. The molecule has 0 saturated carbocycles. The zero-order valence-electron chi connectivity index (χ0n) is 15.4. The number of anilines is 1. The van der Waals surface area contributed by atoms with Crippen LogP contribution in [0.25, 0.3) is 16.3 Å². The molecule has 0 aliphatic rings. The fourth-order valence-electron chi connectivity index (χ4n) is 2.67. The molecular weight excluding hydrogens is 361 g/mol. The lowest BCUT2D eigenvalue weighted by Gasteiger charge is -2.19. The van der Waals surface area contributed by atoms with Crippen molar-refractivity contribution in [2.24, 2.45) is 0 Å². The zero-order valence-corrected chi connectivity index (χ0v) is 16.2. The van der Waals surface area contributed by atoms with Gasteiger partial charge in [0, 0.05) is 12.6 Å². The number of hydrogen-bond acceptors (Lipinski definition) is 4. The molecule has 2 aromatic carbocycles. The van der Waals surface area contributed by atoms with Gasteiger partial charge >= 0.3 is 0 Å². The summed E-state index contributed by atoms with van der Waals surface area (Å²) in [5, 5.41) is 0.595. The number of aromatic nitrogens is 1. The molecule has 1 aromatic heterocycles. The molecule has 0 aliphatic heterocycles. The minimum Gasteiger partial charge on any atom is -0.309 e. The summed E-state index contributed by atoms with van der Waals surface area (Å²) in [5.41, 5.74) is 1.67. The van der Waals surface area contributed by atoms with Crippen LogP contribution in [0.2, 0.25) is 0 Å². The molecule has 27 heavy (non-hydrogen) atoms. The highest BCUT2D eigenvalue weighted by atomic mass is 32.1. The molecule has 0 N–H and O–H groups in total. The van der Waals surface area contributed by atoms with Gasteiger partial charge in [-0.2, -0.15) is 0 Å². The fourth-order valence-corrected chi connectivity index (χ4v) is 3.69. The van der Waals surface area contributed by atoms with Gasteiger partial charge in [-0.15, -0.1) is 0 Å². The number of nitrogens with zero attached hydrogens (tertiary/aromatic N) is 3. The van der Waals surface area contributed by atoms with E-state index in [-0.39, 0.29) is 11.7 Å². The van der Waals surface area contributed by atoms with Crippen molar-refractivity contribution < 1.29 is 9.18 Å². The van der Waals surface area contributed by atoms with Gasteiger partial charge in [-0.1, -0.05) is 41.7 Å². The molecule has 0 atom stereocenters. The maximum atomic E-state index is 13.5. The Kier molecular flexibility index (Phi) is 6.32. The average Bonchev–Trinajstić information content (AvgIpc) is 3.06. The Hall–Kier alpha value is -2.57. The first-order valence-electron chi connectivity index (χ1n) is 8.78. The van der Waals surface area contributed by atoms with Crippen LogP contribution in [0.1, 0.15) is 12.0 Å². The van der Waals surface area contributed by atoms with E-state index in [1.807, 2.05) is 44.4 Å². The van der Waals surface area contributed by atoms with E-state index in [0.29, 0.717) is 17.2 Å². The Morgan fingerprint density at radius 2 is 1.93 bits per heavy atom. The first kappa shape index (κ1) is 19.2. The third-order valence-corrected chi connectivity index (χ3v) is 5.08. The van der Waals surface area contributed by atoms with Crippen LogP contribution < -0.4 is 4.90 Å². The van der Waals surface area contributed by atoms with E-state index in [2.05, 4.69) is 9.88 Å². The molecule has 0 spiro atoms. The number of fused-ring (bicyclic) bond motifs is 1. The van der Waals surface area contributed by atoms with Crippen molar-refractivity contribution in [2.45, 2.75) is 6.42 Å². The number of thiazole rings is 1. The van der Waals surface area contributed by atoms with Gasteiger partial charge in [0.05, 0.1) is 10.2 Å². The van der Waals surface area contributed by atoms with Gasteiger partial charge in [-0.3, -0.25) is 9.69 Å². The summed E-state index contributed by atoms with van der Waals surface area (Å²) < 4.78 is 14.2. The predicted molar refractivity (Wildman–Crippen MR) is 111 cm³/mol. The molecule has 0 bridgehead atoms. The molecule has 0 saturated heterocycles. The Morgan fingerprint density at radius 1 is 1.15 bits per heavy atom. The summed E-state index contributed by atoms with van der Waals surface area (Å²) in [6, 6.07) is 14.2. The quantitative estimate of drug-likeness (QED) is 0.566. The van der Waals surface area contributed by atoms with Gasteiger partial charge in [-0.05, 0) is 56.9 Å². The van der Waals surface area contributed by atoms with Crippen molar-refractivity contribution in [3.63, 3.8) is 0 Å². The number of amides is 1. The van der Waals surface area contributed by atoms with Gasteiger partial charge in [0.15, 0.2) is 5.13 Å². The lowest BCUT2D eigenvalue weighted by atomic mass is 10.2. The lowest BCUT2D eigenvalue weighted by molar-refractivity contribution is -0.114. The molecule has 4 nitrogen and oxygen atoms in total. The maximum absolute atomic E-state index is 13.5. The van der Waals surface area contributed by atoms with Gasteiger partial charge in [0.25, 0.3) is 5.91 Å². The Labute approximate surface area is 162 Å². The van der Waals surface area contributed by atoms with Crippen molar-refractivity contribution in [1.29, 1.82) is 0 Å². The standard InChI is InChI=1S/C21H22FN3OS/c1-24(2)13-6-14-25(20(26)12-9-16-7-4-3-5-8-16)21-23-18-11-10-17(22)15-19(18)27-21/h3-5,7-12,15H,6,13-14H2,1-2H3. The van der Waals surface area contributed by atoms with E-state index in [0.717, 1.165) is 23.2 Å². The second-order valence-corrected chi connectivity index (χ2v) is 7.51. The van der Waals surface area contributed by atoms with E-state index < -0.39 is 0 Å². The smallest absolute Gasteiger partial charge is 0.252 e. The van der Waals surface area contributed by atoms with Crippen LogP contribution in [0.5, 0.6) is 0 Å². The summed E-state index contributed by atoms with van der Waals surface area (Å²) in [5.74, 6) is -0.427. The van der Waals surface area contributed by atoms with Crippen LogP contribution in [0, 0.1) is 5.82 Å².